The Morgan fingerprint density at radius 1 is 1.03 bits per heavy atom. The van der Waals surface area contributed by atoms with Crippen LogP contribution in [0.3, 0.4) is 0 Å². The van der Waals surface area contributed by atoms with E-state index in [0.717, 1.165) is 73.1 Å². The molecule has 2 aromatic rings. The molecule has 1 N–H and O–H groups in total. The van der Waals surface area contributed by atoms with Gasteiger partial charge in [0.1, 0.15) is 0 Å². The van der Waals surface area contributed by atoms with Crippen LogP contribution in [-0.2, 0) is 4.79 Å². The van der Waals surface area contributed by atoms with Gasteiger partial charge in [-0.2, -0.15) is 0 Å². The summed E-state index contributed by atoms with van der Waals surface area (Å²) in [6.07, 6.45) is 3.51. The van der Waals surface area contributed by atoms with Gasteiger partial charge in [-0.1, -0.05) is 18.6 Å². The van der Waals surface area contributed by atoms with Gasteiger partial charge in [-0.05, 0) is 52.4 Å². The number of hydrogen-bond acceptors (Lipinski definition) is 5. The molecule has 2 amide bonds. The first-order chi connectivity index (χ1) is 15.0. The Balaban J connectivity index is 1.44. The lowest BCUT2D eigenvalue weighted by molar-refractivity contribution is -0.118. The van der Waals surface area contributed by atoms with Crippen molar-refractivity contribution >= 4 is 40.2 Å². The number of carbonyl (C=O) groups is 2. The maximum atomic E-state index is 13.4. The molecule has 0 spiro atoms. The number of benzene rings is 1. The minimum Gasteiger partial charge on any atom is -0.320 e. The predicted octanol–water partition coefficient (Wildman–Crippen LogP) is 4.40. The smallest absolute Gasteiger partial charge is 0.258 e. The highest BCUT2D eigenvalue weighted by atomic mass is 32.1. The van der Waals surface area contributed by atoms with Crippen LogP contribution < -0.4 is 10.2 Å². The van der Waals surface area contributed by atoms with Gasteiger partial charge in [-0.25, -0.2) is 0 Å². The lowest BCUT2D eigenvalue weighted by Crippen LogP contribution is -2.44. The molecule has 31 heavy (non-hydrogen) atoms. The Morgan fingerprint density at radius 2 is 1.77 bits per heavy atom. The summed E-state index contributed by atoms with van der Waals surface area (Å²) in [6.45, 7) is 9.62. The van der Waals surface area contributed by atoms with Crippen LogP contribution >= 0.6 is 11.3 Å². The number of hydrogen-bond donors (Lipinski definition) is 1. The number of anilines is 3. The Hall–Kier alpha value is -2.22. The summed E-state index contributed by atoms with van der Waals surface area (Å²) in [5.41, 5.74) is 2.84. The van der Waals surface area contributed by atoms with Gasteiger partial charge in [-0.15, -0.1) is 11.3 Å². The molecule has 7 heteroatoms. The van der Waals surface area contributed by atoms with Crippen molar-refractivity contribution in [1.29, 1.82) is 0 Å². The number of nitrogens with zero attached hydrogens (tertiary/aromatic N) is 3. The van der Waals surface area contributed by atoms with Gasteiger partial charge in [0.25, 0.3) is 5.91 Å². The van der Waals surface area contributed by atoms with E-state index >= 15 is 0 Å². The molecule has 6 nitrogen and oxygen atoms in total. The van der Waals surface area contributed by atoms with Crippen LogP contribution in [0.25, 0.3) is 0 Å². The van der Waals surface area contributed by atoms with Gasteiger partial charge in [0.2, 0.25) is 5.91 Å². The number of fused-ring (bicyclic) bond motifs is 2. The topological polar surface area (TPSA) is 55.9 Å². The molecule has 1 aromatic heterocycles. The van der Waals surface area contributed by atoms with Gasteiger partial charge in [-0.3, -0.25) is 14.5 Å². The standard InChI is InChI=1S/C24H32N4O2S/c1-17-22-23(18(2)31-17)28(20-10-7-6-9-19(20)25-24(22)30)21(29)11-5-4-8-12-27-15-13-26(3)14-16-27/h6-7,9-10H,4-5,8,11-16H2,1-3H3,(H,25,30). The van der Waals surface area contributed by atoms with E-state index in [9.17, 15) is 9.59 Å². The molecular formula is C24H32N4O2S. The number of carbonyl (C=O) groups excluding carboxylic acids is 2. The van der Waals surface area contributed by atoms with Crippen molar-refractivity contribution in [1.82, 2.24) is 9.80 Å². The summed E-state index contributed by atoms with van der Waals surface area (Å²) in [6, 6.07) is 7.59. The van der Waals surface area contributed by atoms with E-state index in [1.54, 1.807) is 16.2 Å². The molecular weight excluding hydrogens is 408 g/mol. The van der Waals surface area contributed by atoms with Crippen LogP contribution in [0.4, 0.5) is 17.1 Å². The summed E-state index contributed by atoms with van der Waals surface area (Å²) in [7, 11) is 2.18. The van der Waals surface area contributed by atoms with Crippen LogP contribution in [0.2, 0.25) is 0 Å². The average Bonchev–Trinajstić information content (AvgIpc) is 2.96. The number of rotatable bonds is 6. The molecule has 2 aliphatic rings. The van der Waals surface area contributed by atoms with Crippen LogP contribution in [0.5, 0.6) is 0 Å². The summed E-state index contributed by atoms with van der Waals surface area (Å²) < 4.78 is 0. The molecule has 1 fully saturated rings. The van der Waals surface area contributed by atoms with E-state index < -0.39 is 0 Å². The van der Waals surface area contributed by atoms with Crippen LogP contribution in [-0.4, -0.2) is 61.4 Å². The maximum Gasteiger partial charge on any atom is 0.258 e. The van der Waals surface area contributed by atoms with Gasteiger partial charge in [0, 0.05) is 42.4 Å². The van der Waals surface area contributed by atoms with Crippen LogP contribution in [0.1, 0.15) is 45.8 Å². The SMILES string of the molecule is Cc1sc(C)c2c1C(=O)Nc1ccccc1N2C(=O)CCCCCN1CCN(C)CC1. The zero-order valence-electron chi connectivity index (χ0n) is 18.7. The number of thiophene rings is 1. The van der Waals surface area contributed by atoms with E-state index in [1.807, 2.05) is 38.1 Å². The number of unbranched alkanes of at least 4 members (excludes halogenated alkanes) is 2. The van der Waals surface area contributed by atoms with Gasteiger partial charge >= 0.3 is 0 Å². The Bertz CT molecular complexity index is 962. The second-order valence-corrected chi connectivity index (χ2v) is 10.0. The van der Waals surface area contributed by atoms with Gasteiger partial charge in [0.15, 0.2) is 0 Å². The van der Waals surface area contributed by atoms with Crippen LogP contribution in [0, 0.1) is 13.8 Å². The minimum absolute atomic E-state index is 0.0608. The van der Waals surface area contributed by atoms with E-state index in [2.05, 4.69) is 22.2 Å². The molecule has 4 rings (SSSR count). The van der Waals surface area contributed by atoms with Crippen molar-refractivity contribution in [3.05, 3.63) is 39.6 Å². The second-order valence-electron chi connectivity index (χ2n) is 8.59. The molecule has 0 atom stereocenters. The summed E-state index contributed by atoms with van der Waals surface area (Å²) in [5.74, 6) is -0.0718. The first-order valence-electron chi connectivity index (χ1n) is 11.2. The monoisotopic (exact) mass is 440 g/mol. The molecule has 1 saturated heterocycles. The lowest BCUT2D eigenvalue weighted by atomic mass is 10.1. The second kappa shape index (κ2) is 9.51. The van der Waals surface area contributed by atoms with Gasteiger partial charge < -0.3 is 15.1 Å². The number of likely N-dealkylation sites (N-methyl/N-ethyl adjacent to an activating group) is 1. The van der Waals surface area contributed by atoms with E-state index in [4.69, 9.17) is 0 Å². The van der Waals surface area contributed by atoms with Crippen molar-refractivity contribution in [2.24, 2.45) is 0 Å². The molecule has 3 heterocycles. The third-order valence-corrected chi connectivity index (χ3v) is 7.29. The number of aryl methyl sites for hydroxylation is 2. The largest absolute Gasteiger partial charge is 0.320 e. The van der Waals surface area contributed by atoms with E-state index in [-0.39, 0.29) is 11.8 Å². The summed E-state index contributed by atoms with van der Waals surface area (Å²) in [4.78, 5) is 34.9. The average molecular weight is 441 g/mol. The molecule has 1 aromatic carbocycles. The Labute approximate surface area is 188 Å². The summed E-state index contributed by atoms with van der Waals surface area (Å²) >= 11 is 1.58. The number of para-hydroxylation sites is 2. The van der Waals surface area contributed by atoms with Crippen molar-refractivity contribution in [2.75, 3.05) is 50.0 Å². The van der Waals surface area contributed by atoms with E-state index in [0.29, 0.717) is 17.7 Å². The number of nitrogens with one attached hydrogen (secondary N) is 1. The highest BCUT2D eigenvalue weighted by Gasteiger charge is 2.33. The molecule has 0 aliphatic carbocycles. The molecule has 166 valence electrons. The fraction of sp³-hybridized carbons (Fsp3) is 0.500. The molecule has 0 radical (unpaired) electrons. The zero-order valence-corrected chi connectivity index (χ0v) is 19.6. The van der Waals surface area contributed by atoms with Crippen LogP contribution in [0.15, 0.2) is 24.3 Å². The maximum absolute atomic E-state index is 13.4. The molecule has 2 aliphatic heterocycles. The predicted molar refractivity (Wildman–Crippen MR) is 128 cm³/mol. The number of piperazine rings is 1. The third-order valence-electron chi connectivity index (χ3n) is 6.28. The third kappa shape index (κ3) is 4.68. The highest BCUT2D eigenvalue weighted by molar-refractivity contribution is 7.13. The van der Waals surface area contributed by atoms with Crippen molar-refractivity contribution in [3.8, 4) is 0 Å². The van der Waals surface area contributed by atoms with Crippen molar-refractivity contribution < 1.29 is 9.59 Å². The fourth-order valence-corrected chi connectivity index (χ4v) is 5.56. The molecule has 0 bridgehead atoms. The highest BCUT2D eigenvalue weighted by Crippen LogP contribution is 2.44. The first kappa shape index (κ1) is 22.0. The molecule has 0 unspecified atom stereocenters. The quantitative estimate of drug-likeness (QED) is 0.677. The Kier molecular flexibility index (Phi) is 6.74. The van der Waals surface area contributed by atoms with Gasteiger partial charge in [0.05, 0.1) is 22.6 Å². The zero-order chi connectivity index (χ0) is 22.0. The summed E-state index contributed by atoms with van der Waals surface area (Å²) in [5, 5.41) is 3.00. The Morgan fingerprint density at radius 3 is 2.55 bits per heavy atom. The van der Waals surface area contributed by atoms with Crippen molar-refractivity contribution in [2.45, 2.75) is 39.5 Å². The number of amides is 2. The fourth-order valence-electron chi connectivity index (χ4n) is 4.52. The van der Waals surface area contributed by atoms with E-state index in [1.165, 1.54) is 0 Å². The minimum atomic E-state index is -0.133. The molecule has 0 saturated carbocycles. The lowest BCUT2D eigenvalue weighted by Gasteiger charge is -2.32. The normalized spacial score (nSPS) is 17.1. The first-order valence-corrected chi connectivity index (χ1v) is 12.0. The van der Waals surface area contributed by atoms with Crippen molar-refractivity contribution in [3.63, 3.8) is 0 Å².